The number of halogens is 3. The summed E-state index contributed by atoms with van der Waals surface area (Å²) in [6.07, 6.45) is 0. The number of benzene rings is 2. The van der Waals surface area contributed by atoms with Crippen molar-refractivity contribution in [1.82, 2.24) is 0 Å². The lowest BCUT2D eigenvalue weighted by molar-refractivity contribution is 0.360. The third-order valence-electron chi connectivity index (χ3n) is 2.17. The summed E-state index contributed by atoms with van der Waals surface area (Å²) in [4.78, 5) is 0. The summed E-state index contributed by atoms with van der Waals surface area (Å²) in [7, 11) is 0. The minimum Gasteiger partial charge on any atom is -0.289 e. The van der Waals surface area contributed by atoms with E-state index in [4.69, 9.17) is 34.8 Å². The van der Waals surface area contributed by atoms with Gasteiger partial charge in [0, 0.05) is 10.9 Å². The number of fused-ring (bicyclic) bond motifs is 1. The quantitative estimate of drug-likeness (QED) is 0.606. The molecule has 0 unspecified atom stereocenters. The third-order valence-corrected chi connectivity index (χ3v) is 2.82. The third kappa shape index (κ3) is 2.15. The fraction of sp³-hybridized carbons (Fsp3) is 0.0909. The van der Waals surface area contributed by atoms with E-state index in [0.29, 0.717) is 10.9 Å². The van der Waals surface area contributed by atoms with Crippen LogP contribution in [0.3, 0.4) is 0 Å². The van der Waals surface area contributed by atoms with Gasteiger partial charge in [0.2, 0.25) is 3.79 Å². The van der Waals surface area contributed by atoms with E-state index in [1.54, 1.807) is 24.3 Å². The molecule has 0 bridgehead atoms. The molecule has 0 fully saturated rings. The molecular weight excluding hydrogens is 254 g/mol. The molecule has 2 aromatic carbocycles. The lowest BCUT2D eigenvalue weighted by atomic mass is 10.1. The zero-order valence-electron chi connectivity index (χ0n) is 7.51. The van der Waals surface area contributed by atoms with Crippen molar-refractivity contribution < 1.29 is 5.11 Å². The molecule has 0 aromatic heterocycles. The predicted octanol–water partition coefficient (Wildman–Crippen LogP) is 4.81. The van der Waals surface area contributed by atoms with Gasteiger partial charge >= 0.3 is 0 Å². The molecule has 1 radical (unpaired) electrons. The Morgan fingerprint density at radius 2 is 1.73 bits per heavy atom. The Labute approximate surface area is 102 Å². The molecule has 2 aromatic rings. The Hall–Kier alpha value is -0.630. The van der Waals surface area contributed by atoms with E-state index in [0.717, 1.165) is 5.39 Å². The maximum absolute atomic E-state index is 11.4. The van der Waals surface area contributed by atoms with Crippen LogP contribution in [0.5, 0.6) is 5.75 Å². The van der Waals surface area contributed by atoms with Gasteiger partial charge in [0.1, 0.15) is 0 Å². The molecule has 0 aliphatic carbocycles. The number of rotatable bonds is 0. The van der Waals surface area contributed by atoms with Gasteiger partial charge in [-0.05, 0) is 17.5 Å². The monoisotopic (exact) mass is 259 g/mol. The van der Waals surface area contributed by atoms with Crippen LogP contribution in [0.4, 0.5) is 0 Å². The molecule has 2 rings (SSSR count). The van der Waals surface area contributed by atoms with E-state index < -0.39 is 3.79 Å². The SMILES string of the molecule is [O]c1cccc2cc(C(Cl)(Cl)Cl)ccc12. The molecule has 0 spiro atoms. The summed E-state index contributed by atoms with van der Waals surface area (Å²) in [5.41, 5.74) is 0.561. The minimum absolute atomic E-state index is 0.0247. The first kappa shape index (κ1) is 10.9. The smallest absolute Gasteiger partial charge is 0.216 e. The second-order valence-electron chi connectivity index (χ2n) is 3.19. The fourth-order valence-corrected chi connectivity index (χ4v) is 1.78. The normalized spacial score (nSPS) is 11.9. The van der Waals surface area contributed by atoms with Gasteiger partial charge < -0.3 is 0 Å². The molecule has 0 heterocycles. The number of hydrogen-bond acceptors (Lipinski definition) is 0. The highest BCUT2D eigenvalue weighted by atomic mass is 35.6. The highest BCUT2D eigenvalue weighted by Gasteiger charge is 2.22. The van der Waals surface area contributed by atoms with Gasteiger partial charge in [0.05, 0.1) is 0 Å². The fourth-order valence-electron chi connectivity index (χ4n) is 1.43. The van der Waals surface area contributed by atoms with E-state index in [1.165, 1.54) is 6.07 Å². The van der Waals surface area contributed by atoms with Crippen molar-refractivity contribution in [2.75, 3.05) is 0 Å². The second kappa shape index (κ2) is 3.75. The molecule has 0 aliphatic heterocycles. The molecule has 77 valence electrons. The van der Waals surface area contributed by atoms with E-state index in [1.807, 2.05) is 6.07 Å². The van der Waals surface area contributed by atoms with Crippen LogP contribution in [0.1, 0.15) is 5.56 Å². The lowest BCUT2D eigenvalue weighted by Gasteiger charge is -2.11. The van der Waals surface area contributed by atoms with Crippen LogP contribution in [-0.2, 0) is 8.90 Å². The summed E-state index contributed by atoms with van der Waals surface area (Å²) in [5, 5.41) is 12.9. The summed E-state index contributed by atoms with van der Waals surface area (Å²) in [6.45, 7) is 0. The van der Waals surface area contributed by atoms with Gasteiger partial charge in [-0.3, -0.25) is 5.11 Å². The molecule has 15 heavy (non-hydrogen) atoms. The van der Waals surface area contributed by atoms with E-state index in [2.05, 4.69) is 0 Å². The Balaban J connectivity index is 2.68. The van der Waals surface area contributed by atoms with Gasteiger partial charge in [0.25, 0.3) is 0 Å². The summed E-state index contributed by atoms with van der Waals surface area (Å²) in [6, 6.07) is 10.1. The summed E-state index contributed by atoms with van der Waals surface area (Å²) in [5.74, 6) is -0.0247. The van der Waals surface area contributed by atoms with Crippen molar-refractivity contribution in [2.24, 2.45) is 0 Å². The first-order chi connectivity index (χ1) is 6.98. The number of alkyl halides is 3. The molecular formula is C11H6Cl3O. The van der Waals surface area contributed by atoms with Crippen molar-refractivity contribution in [3.05, 3.63) is 42.0 Å². The molecule has 0 aliphatic rings. The molecule has 4 heteroatoms. The highest BCUT2D eigenvalue weighted by Crippen LogP contribution is 2.40. The molecule has 1 nitrogen and oxygen atoms in total. The van der Waals surface area contributed by atoms with Crippen molar-refractivity contribution in [1.29, 1.82) is 0 Å². The maximum Gasteiger partial charge on any atom is 0.216 e. The van der Waals surface area contributed by atoms with E-state index >= 15 is 0 Å². The van der Waals surface area contributed by atoms with Crippen molar-refractivity contribution >= 4 is 45.6 Å². The predicted molar refractivity (Wildman–Crippen MR) is 63.3 cm³/mol. The number of hydrogen-bond donors (Lipinski definition) is 0. The Kier molecular flexibility index (Phi) is 2.72. The first-order valence-electron chi connectivity index (χ1n) is 4.25. The first-order valence-corrected chi connectivity index (χ1v) is 5.39. The average Bonchev–Trinajstić information content (AvgIpc) is 2.16. The molecule has 0 atom stereocenters. The van der Waals surface area contributed by atoms with Crippen molar-refractivity contribution in [2.45, 2.75) is 3.79 Å². The van der Waals surface area contributed by atoms with Gasteiger partial charge in [-0.25, -0.2) is 0 Å². The largest absolute Gasteiger partial charge is 0.289 e. The summed E-state index contributed by atoms with van der Waals surface area (Å²) >= 11 is 17.3. The Bertz CT molecular complexity index is 503. The van der Waals surface area contributed by atoms with Crippen LogP contribution in [0.2, 0.25) is 0 Å². The van der Waals surface area contributed by atoms with Crippen LogP contribution in [0, 0.1) is 0 Å². The van der Waals surface area contributed by atoms with E-state index in [-0.39, 0.29) is 5.75 Å². The van der Waals surface area contributed by atoms with Gasteiger partial charge in [-0.15, -0.1) is 0 Å². The summed E-state index contributed by atoms with van der Waals surface area (Å²) < 4.78 is -1.45. The van der Waals surface area contributed by atoms with Crippen LogP contribution in [-0.4, -0.2) is 0 Å². The van der Waals surface area contributed by atoms with Crippen LogP contribution in [0.25, 0.3) is 10.8 Å². The lowest BCUT2D eigenvalue weighted by Crippen LogP contribution is -1.99. The van der Waals surface area contributed by atoms with Gasteiger partial charge in [0.15, 0.2) is 5.75 Å². The Morgan fingerprint density at radius 1 is 1.00 bits per heavy atom. The topological polar surface area (TPSA) is 19.9 Å². The standard InChI is InChI=1S/C11H6Cl3O/c12-11(13,14)8-4-5-9-7(6-8)2-1-3-10(9)15/h1-6H. The second-order valence-corrected chi connectivity index (χ2v) is 5.47. The average molecular weight is 261 g/mol. The molecule has 0 N–H and O–H groups in total. The van der Waals surface area contributed by atoms with E-state index in [9.17, 15) is 5.11 Å². The highest BCUT2D eigenvalue weighted by molar-refractivity contribution is 6.66. The Morgan fingerprint density at radius 3 is 2.40 bits per heavy atom. The maximum atomic E-state index is 11.4. The van der Waals surface area contributed by atoms with Gasteiger partial charge in [-0.2, -0.15) is 0 Å². The zero-order chi connectivity index (χ0) is 11.1. The molecule has 0 saturated heterocycles. The van der Waals surface area contributed by atoms with Crippen LogP contribution >= 0.6 is 34.8 Å². The van der Waals surface area contributed by atoms with Crippen LogP contribution in [0.15, 0.2) is 36.4 Å². The van der Waals surface area contributed by atoms with Crippen molar-refractivity contribution in [3.63, 3.8) is 0 Å². The molecule has 0 amide bonds. The van der Waals surface area contributed by atoms with Crippen LogP contribution < -0.4 is 0 Å². The molecule has 0 saturated carbocycles. The van der Waals surface area contributed by atoms with Crippen molar-refractivity contribution in [3.8, 4) is 5.75 Å². The minimum atomic E-state index is -1.45. The zero-order valence-corrected chi connectivity index (χ0v) is 9.77. The van der Waals surface area contributed by atoms with Gasteiger partial charge in [-0.1, -0.05) is 59.1 Å².